The lowest BCUT2D eigenvalue weighted by molar-refractivity contribution is -0.123. The molecule has 0 aromatic heterocycles. The number of aryl methyl sites for hydroxylation is 1. The van der Waals surface area contributed by atoms with Crippen LogP contribution in [0.5, 0.6) is 0 Å². The number of imide groups is 1. The number of amides is 3. The molecule has 0 radical (unpaired) electrons. The Hall–Kier alpha value is -3.48. The molecule has 1 heterocycles. The first-order valence-electron chi connectivity index (χ1n) is 10.9. The second-order valence-electron chi connectivity index (χ2n) is 8.94. The number of fused-ring (bicyclic) bond motifs is 5. The van der Waals surface area contributed by atoms with E-state index in [1.54, 1.807) is 18.2 Å². The zero-order valence-corrected chi connectivity index (χ0v) is 17.7. The zero-order valence-electron chi connectivity index (χ0n) is 17.7. The fourth-order valence-electron chi connectivity index (χ4n) is 5.54. The SMILES string of the molecule is Cc1cccc(NC(=O)COC(=O)c2ccc(N3C(=O)[C@H]4[C@H]5CC[C@@H](C5)[C@@H]4C3=O)cc2)c1. The van der Waals surface area contributed by atoms with Crippen LogP contribution in [-0.2, 0) is 19.1 Å². The van der Waals surface area contributed by atoms with Crippen molar-refractivity contribution in [1.29, 1.82) is 0 Å². The molecular weight excluding hydrogens is 408 g/mol. The molecule has 1 aliphatic heterocycles. The Morgan fingerprint density at radius 1 is 1.00 bits per heavy atom. The molecule has 2 bridgehead atoms. The Kier molecular flexibility index (Phi) is 5.04. The second kappa shape index (κ2) is 7.89. The number of nitrogens with one attached hydrogen (secondary N) is 1. The molecule has 4 atom stereocenters. The summed E-state index contributed by atoms with van der Waals surface area (Å²) in [5.41, 5.74) is 2.36. The number of carbonyl (C=O) groups excluding carboxylic acids is 4. The van der Waals surface area contributed by atoms with Gasteiger partial charge in [-0.15, -0.1) is 0 Å². The van der Waals surface area contributed by atoms with Gasteiger partial charge in [-0.3, -0.25) is 19.3 Å². The third-order valence-electron chi connectivity index (χ3n) is 6.92. The lowest BCUT2D eigenvalue weighted by atomic mass is 9.81. The number of ether oxygens (including phenoxy) is 1. The summed E-state index contributed by atoms with van der Waals surface area (Å²) in [4.78, 5) is 51.5. The van der Waals surface area contributed by atoms with Gasteiger partial charge < -0.3 is 10.1 Å². The second-order valence-corrected chi connectivity index (χ2v) is 8.94. The summed E-state index contributed by atoms with van der Waals surface area (Å²) in [7, 11) is 0. The lowest BCUT2D eigenvalue weighted by Crippen LogP contribution is -2.32. The molecule has 2 saturated carbocycles. The van der Waals surface area contributed by atoms with Crippen LogP contribution in [0.25, 0.3) is 0 Å². The van der Waals surface area contributed by atoms with E-state index in [2.05, 4.69) is 5.32 Å². The lowest BCUT2D eigenvalue weighted by Gasteiger charge is -2.19. The smallest absolute Gasteiger partial charge is 0.338 e. The van der Waals surface area contributed by atoms with E-state index in [-0.39, 0.29) is 29.2 Å². The van der Waals surface area contributed by atoms with Crippen LogP contribution in [0.1, 0.15) is 35.2 Å². The minimum atomic E-state index is -0.648. The maximum Gasteiger partial charge on any atom is 0.338 e. The molecular formula is C25H24N2O5. The third kappa shape index (κ3) is 3.47. The van der Waals surface area contributed by atoms with Crippen molar-refractivity contribution in [3.8, 4) is 0 Å². The van der Waals surface area contributed by atoms with Gasteiger partial charge >= 0.3 is 5.97 Å². The van der Waals surface area contributed by atoms with Crippen molar-refractivity contribution >= 4 is 35.1 Å². The average Bonchev–Trinajstić information content (AvgIpc) is 3.46. The maximum absolute atomic E-state index is 12.9. The van der Waals surface area contributed by atoms with Gasteiger partial charge in [0.05, 0.1) is 23.1 Å². The number of hydrogen-bond acceptors (Lipinski definition) is 5. The van der Waals surface area contributed by atoms with E-state index in [0.29, 0.717) is 23.2 Å². The van der Waals surface area contributed by atoms with Gasteiger partial charge in [-0.25, -0.2) is 4.79 Å². The van der Waals surface area contributed by atoms with E-state index < -0.39 is 18.5 Å². The highest BCUT2D eigenvalue weighted by Crippen LogP contribution is 2.56. The summed E-state index contributed by atoms with van der Waals surface area (Å²) in [6.07, 6.45) is 3.05. The van der Waals surface area contributed by atoms with Crippen molar-refractivity contribution in [3.05, 3.63) is 59.7 Å². The highest BCUT2D eigenvalue weighted by molar-refractivity contribution is 6.22. The third-order valence-corrected chi connectivity index (χ3v) is 6.92. The Morgan fingerprint density at radius 2 is 1.66 bits per heavy atom. The summed E-state index contributed by atoms with van der Waals surface area (Å²) < 4.78 is 5.10. The van der Waals surface area contributed by atoms with Gasteiger partial charge in [0.25, 0.3) is 5.91 Å². The van der Waals surface area contributed by atoms with Crippen LogP contribution in [0.3, 0.4) is 0 Å². The fourth-order valence-corrected chi connectivity index (χ4v) is 5.54. The normalized spacial score (nSPS) is 25.7. The molecule has 3 aliphatic rings. The molecule has 32 heavy (non-hydrogen) atoms. The number of hydrogen-bond donors (Lipinski definition) is 1. The van der Waals surface area contributed by atoms with E-state index in [1.807, 2.05) is 25.1 Å². The van der Waals surface area contributed by atoms with Gasteiger partial charge in [-0.2, -0.15) is 0 Å². The van der Waals surface area contributed by atoms with Crippen molar-refractivity contribution in [2.75, 3.05) is 16.8 Å². The quantitative estimate of drug-likeness (QED) is 0.578. The summed E-state index contributed by atoms with van der Waals surface area (Å²) in [5, 5.41) is 2.68. The summed E-state index contributed by atoms with van der Waals surface area (Å²) >= 11 is 0. The molecule has 2 aliphatic carbocycles. The minimum absolute atomic E-state index is 0.115. The number of anilines is 2. The van der Waals surface area contributed by atoms with Gasteiger partial charge in [-0.05, 0) is 80.0 Å². The number of benzene rings is 2. The van der Waals surface area contributed by atoms with Crippen LogP contribution in [0.2, 0.25) is 0 Å². The minimum Gasteiger partial charge on any atom is -0.452 e. The van der Waals surface area contributed by atoms with Crippen molar-refractivity contribution in [2.45, 2.75) is 26.2 Å². The highest BCUT2D eigenvalue weighted by atomic mass is 16.5. The topological polar surface area (TPSA) is 92.8 Å². The van der Waals surface area contributed by atoms with Crippen LogP contribution >= 0.6 is 0 Å². The van der Waals surface area contributed by atoms with Crippen molar-refractivity contribution in [3.63, 3.8) is 0 Å². The van der Waals surface area contributed by atoms with Crippen molar-refractivity contribution < 1.29 is 23.9 Å². The molecule has 2 aromatic carbocycles. The average molecular weight is 432 g/mol. The Bertz CT molecular complexity index is 1080. The van der Waals surface area contributed by atoms with Crippen LogP contribution in [0.4, 0.5) is 11.4 Å². The van der Waals surface area contributed by atoms with Crippen LogP contribution in [0, 0.1) is 30.6 Å². The Morgan fingerprint density at radius 3 is 2.28 bits per heavy atom. The molecule has 3 amide bonds. The van der Waals surface area contributed by atoms with Gasteiger partial charge in [0, 0.05) is 5.69 Å². The van der Waals surface area contributed by atoms with E-state index in [9.17, 15) is 19.2 Å². The summed E-state index contributed by atoms with van der Waals surface area (Å²) in [6.45, 7) is 1.50. The number of esters is 1. The highest BCUT2D eigenvalue weighted by Gasteiger charge is 2.61. The molecule has 5 rings (SSSR count). The van der Waals surface area contributed by atoms with E-state index in [4.69, 9.17) is 4.74 Å². The molecule has 164 valence electrons. The Balaban J connectivity index is 1.20. The summed E-state index contributed by atoms with van der Waals surface area (Å²) in [6, 6.07) is 13.5. The molecule has 7 heteroatoms. The largest absolute Gasteiger partial charge is 0.452 e. The first kappa shape index (κ1) is 20.4. The zero-order chi connectivity index (χ0) is 22.4. The van der Waals surface area contributed by atoms with Gasteiger partial charge in [0.15, 0.2) is 6.61 Å². The standard InChI is InChI=1S/C25H24N2O5/c1-14-3-2-4-18(11-14)26-20(28)13-32-25(31)15-7-9-19(10-8-15)27-23(29)21-16-5-6-17(12-16)22(21)24(27)30/h2-4,7-11,16-17,21-22H,5-6,12-13H2,1H3,(H,26,28)/t16-,17-,21-,22-/m0/s1. The predicted molar refractivity (Wildman–Crippen MR) is 117 cm³/mol. The number of rotatable bonds is 5. The Labute approximate surface area is 185 Å². The predicted octanol–water partition coefficient (Wildman–Crippen LogP) is 3.33. The van der Waals surface area contributed by atoms with E-state index in [1.165, 1.54) is 17.0 Å². The molecule has 7 nitrogen and oxygen atoms in total. The molecule has 1 saturated heterocycles. The van der Waals surface area contributed by atoms with E-state index >= 15 is 0 Å². The van der Waals surface area contributed by atoms with Gasteiger partial charge in [0.2, 0.25) is 11.8 Å². The molecule has 1 N–H and O–H groups in total. The maximum atomic E-state index is 12.9. The number of nitrogens with zero attached hydrogens (tertiary/aromatic N) is 1. The van der Waals surface area contributed by atoms with Gasteiger partial charge in [0.1, 0.15) is 0 Å². The van der Waals surface area contributed by atoms with Gasteiger partial charge in [-0.1, -0.05) is 12.1 Å². The molecule has 0 spiro atoms. The van der Waals surface area contributed by atoms with Crippen LogP contribution in [-0.4, -0.2) is 30.3 Å². The first-order valence-corrected chi connectivity index (χ1v) is 10.9. The number of carbonyl (C=O) groups is 4. The molecule has 2 aromatic rings. The van der Waals surface area contributed by atoms with Crippen molar-refractivity contribution in [2.24, 2.45) is 23.7 Å². The van der Waals surface area contributed by atoms with Crippen LogP contribution < -0.4 is 10.2 Å². The van der Waals surface area contributed by atoms with E-state index in [0.717, 1.165) is 24.8 Å². The molecule has 0 unspecified atom stereocenters. The van der Waals surface area contributed by atoms with Crippen LogP contribution in [0.15, 0.2) is 48.5 Å². The fraction of sp³-hybridized carbons (Fsp3) is 0.360. The first-order chi connectivity index (χ1) is 15.4. The molecule has 3 fully saturated rings. The monoisotopic (exact) mass is 432 g/mol. The summed E-state index contributed by atoms with van der Waals surface area (Å²) in [5.74, 6) is -1.03. The van der Waals surface area contributed by atoms with Crippen molar-refractivity contribution in [1.82, 2.24) is 0 Å².